The molecule has 0 aliphatic carbocycles. The molecule has 0 amide bonds. The van der Waals surface area contributed by atoms with Crippen molar-refractivity contribution >= 4 is 0 Å². The zero-order chi connectivity index (χ0) is 10.3. The lowest BCUT2D eigenvalue weighted by atomic mass is 9.89. The Balaban J connectivity index is 3.09. The SMILES string of the molecule is CC(C)OCCCCCC(C)(C)C. The Morgan fingerprint density at radius 3 is 2.08 bits per heavy atom. The van der Waals surface area contributed by atoms with Gasteiger partial charge in [-0.3, -0.25) is 0 Å². The largest absolute Gasteiger partial charge is 0.379 e. The van der Waals surface area contributed by atoms with Crippen LogP contribution in [0.1, 0.15) is 60.3 Å². The Labute approximate surface area is 83.9 Å². The molecule has 0 saturated carbocycles. The third-order valence-corrected chi connectivity index (χ3v) is 2.02. The van der Waals surface area contributed by atoms with Gasteiger partial charge >= 0.3 is 0 Å². The van der Waals surface area contributed by atoms with Crippen LogP contribution in [0.3, 0.4) is 0 Å². The third kappa shape index (κ3) is 12.0. The average molecular weight is 186 g/mol. The molecule has 0 spiro atoms. The van der Waals surface area contributed by atoms with Crippen molar-refractivity contribution in [2.75, 3.05) is 6.61 Å². The van der Waals surface area contributed by atoms with Crippen LogP contribution in [-0.2, 0) is 4.74 Å². The fourth-order valence-electron chi connectivity index (χ4n) is 1.25. The molecule has 1 nitrogen and oxygen atoms in total. The Kier molecular flexibility index (Phi) is 6.40. The molecule has 80 valence electrons. The Morgan fingerprint density at radius 2 is 1.62 bits per heavy atom. The number of ether oxygens (including phenoxy) is 1. The van der Waals surface area contributed by atoms with Crippen molar-refractivity contribution in [3.8, 4) is 0 Å². The summed E-state index contributed by atoms with van der Waals surface area (Å²) in [5.74, 6) is 0. The van der Waals surface area contributed by atoms with Gasteiger partial charge in [-0.25, -0.2) is 0 Å². The van der Waals surface area contributed by atoms with Crippen molar-refractivity contribution in [3.63, 3.8) is 0 Å². The Hall–Kier alpha value is -0.0400. The topological polar surface area (TPSA) is 9.23 Å². The summed E-state index contributed by atoms with van der Waals surface area (Å²) < 4.78 is 5.47. The second kappa shape index (κ2) is 6.42. The van der Waals surface area contributed by atoms with Crippen LogP contribution in [-0.4, -0.2) is 12.7 Å². The summed E-state index contributed by atoms with van der Waals surface area (Å²) in [7, 11) is 0. The van der Waals surface area contributed by atoms with E-state index in [1.807, 2.05) is 0 Å². The quantitative estimate of drug-likeness (QED) is 0.569. The van der Waals surface area contributed by atoms with Gasteiger partial charge in [-0.1, -0.05) is 33.6 Å². The number of rotatable bonds is 6. The molecule has 0 aromatic heterocycles. The highest BCUT2D eigenvalue weighted by Gasteiger charge is 2.08. The lowest BCUT2D eigenvalue weighted by molar-refractivity contribution is 0.0753. The fraction of sp³-hybridized carbons (Fsp3) is 1.00. The minimum atomic E-state index is 0.391. The molecule has 0 aromatic carbocycles. The molecule has 0 heterocycles. The van der Waals surface area contributed by atoms with Crippen LogP contribution in [0.15, 0.2) is 0 Å². The van der Waals surface area contributed by atoms with Crippen molar-refractivity contribution in [2.24, 2.45) is 5.41 Å². The zero-order valence-corrected chi connectivity index (χ0v) is 10.0. The van der Waals surface area contributed by atoms with Crippen LogP contribution < -0.4 is 0 Å². The maximum Gasteiger partial charge on any atom is 0.0518 e. The molecule has 0 atom stereocenters. The number of hydrogen-bond donors (Lipinski definition) is 0. The van der Waals surface area contributed by atoms with E-state index in [1.165, 1.54) is 25.7 Å². The molecule has 0 aliphatic heterocycles. The smallest absolute Gasteiger partial charge is 0.0518 e. The van der Waals surface area contributed by atoms with E-state index < -0.39 is 0 Å². The van der Waals surface area contributed by atoms with Gasteiger partial charge in [0.15, 0.2) is 0 Å². The van der Waals surface area contributed by atoms with Gasteiger partial charge in [0.1, 0.15) is 0 Å². The van der Waals surface area contributed by atoms with Gasteiger partial charge in [-0.05, 0) is 32.1 Å². The summed E-state index contributed by atoms with van der Waals surface area (Å²) in [6, 6.07) is 0. The van der Waals surface area contributed by atoms with Crippen LogP contribution in [0.2, 0.25) is 0 Å². The fourth-order valence-corrected chi connectivity index (χ4v) is 1.25. The highest BCUT2D eigenvalue weighted by molar-refractivity contribution is 4.60. The van der Waals surface area contributed by atoms with Crippen molar-refractivity contribution in [1.29, 1.82) is 0 Å². The maximum absolute atomic E-state index is 5.47. The standard InChI is InChI=1S/C12H26O/c1-11(2)13-10-8-6-7-9-12(3,4)5/h11H,6-10H2,1-5H3. The normalized spacial score (nSPS) is 12.5. The first-order valence-electron chi connectivity index (χ1n) is 5.53. The molecular formula is C12H26O. The molecular weight excluding hydrogens is 160 g/mol. The van der Waals surface area contributed by atoms with Gasteiger partial charge < -0.3 is 4.74 Å². The lowest BCUT2D eigenvalue weighted by Crippen LogP contribution is -2.06. The first-order chi connectivity index (χ1) is 5.92. The summed E-state index contributed by atoms with van der Waals surface area (Å²) in [6.45, 7) is 12.0. The van der Waals surface area contributed by atoms with Gasteiger partial charge in [-0.15, -0.1) is 0 Å². The summed E-state index contributed by atoms with van der Waals surface area (Å²) in [5, 5.41) is 0. The van der Waals surface area contributed by atoms with E-state index in [-0.39, 0.29) is 0 Å². The number of hydrogen-bond acceptors (Lipinski definition) is 1. The predicted octanol–water partition coefficient (Wildman–Crippen LogP) is 4.02. The van der Waals surface area contributed by atoms with Crippen LogP contribution in [0, 0.1) is 5.41 Å². The first-order valence-corrected chi connectivity index (χ1v) is 5.53. The van der Waals surface area contributed by atoms with Crippen LogP contribution in [0.5, 0.6) is 0 Å². The molecule has 0 fully saturated rings. The van der Waals surface area contributed by atoms with Crippen molar-refractivity contribution in [1.82, 2.24) is 0 Å². The molecule has 0 aromatic rings. The maximum atomic E-state index is 5.47. The molecule has 0 saturated heterocycles. The highest BCUT2D eigenvalue weighted by atomic mass is 16.5. The monoisotopic (exact) mass is 186 g/mol. The van der Waals surface area contributed by atoms with Crippen LogP contribution in [0.25, 0.3) is 0 Å². The molecule has 1 heteroatoms. The number of unbranched alkanes of at least 4 members (excludes halogenated alkanes) is 2. The first kappa shape index (κ1) is 13.0. The van der Waals surface area contributed by atoms with Crippen molar-refractivity contribution in [3.05, 3.63) is 0 Å². The summed E-state index contributed by atoms with van der Waals surface area (Å²) in [5.41, 5.74) is 0.499. The van der Waals surface area contributed by atoms with Crippen molar-refractivity contribution < 1.29 is 4.74 Å². The van der Waals surface area contributed by atoms with Gasteiger partial charge in [0.05, 0.1) is 6.10 Å². The molecule has 0 rings (SSSR count). The average Bonchev–Trinajstić information content (AvgIpc) is 1.93. The van der Waals surface area contributed by atoms with E-state index in [9.17, 15) is 0 Å². The molecule has 0 N–H and O–H groups in total. The second-order valence-corrected chi connectivity index (χ2v) is 5.29. The summed E-state index contributed by atoms with van der Waals surface area (Å²) >= 11 is 0. The second-order valence-electron chi connectivity index (χ2n) is 5.29. The van der Waals surface area contributed by atoms with E-state index in [4.69, 9.17) is 4.74 Å². The predicted molar refractivity (Wildman–Crippen MR) is 59.0 cm³/mol. The summed E-state index contributed by atoms with van der Waals surface area (Å²) in [6.07, 6.45) is 5.58. The van der Waals surface area contributed by atoms with Crippen LogP contribution in [0.4, 0.5) is 0 Å². The van der Waals surface area contributed by atoms with Gasteiger partial charge in [-0.2, -0.15) is 0 Å². The van der Waals surface area contributed by atoms with E-state index >= 15 is 0 Å². The van der Waals surface area contributed by atoms with Crippen molar-refractivity contribution in [2.45, 2.75) is 66.4 Å². The van der Waals surface area contributed by atoms with E-state index in [0.717, 1.165) is 6.61 Å². The lowest BCUT2D eigenvalue weighted by Gasteiger charge is -2.17. The highest BCUT2D eigenvalue weighted by Crippen LogP contribution is 2.21. The van der Waals surface area contributed by atoms with Crippen LogP contribution >= 0.6 is 0 Å². The van der Waals surface area contributed by atoms with E-state index in [1.54, 1.807) is 0 Å². The van der Waals surface area contributed by atoms with Gasteiger partial charge in [0.25, 0.3) is 0 Å². The zero-order valence-electron chi connectivity index (χ0n) is 10.0. The van der Waals surface area contributed by atoms with Gasteiger partial charge in [0, 0.05) is 6.61 Å². The van der Waals surface area contributed by atoms with Gasteiger partial charge in [0.2, 0.25) is 0 Å². The molecule has 0 unspecified atom stereocenters. The minimum absolute atomic E-state index is 0.391. The third-order valence-electron chi connectivity index (χ3n) is 2.02. The molecule has 0 bridgehead atoms. The summed E-state index contributed by atoms with van der Waals surface area (Å²) in [4.78, 5) is 0. The van der Waals surface area contributed by atoms with E-state index in [2.05, 4.69) is 34.6 Å². The molecule has 0 radical (unpaired) electrons. The molecule has 0 aliphatic rings. The van der Waals surface area contributed by atoms with E-state index in [0.29, 0.717) is 11.5 Å². The minimum Gasteiger partial charge on any atom is -0.379 e. The Morgan fingerprint density at radius 1 is 1.00 bits per heavy atom. The molecule has 13 heavy (non-hydrogen) atoms. The Bertz CT molecular complexity index is 111.